The average Bonchev–Trinajstić information content (AvgIpc) is 0.801. The van der Waals surface area contributed by atoms with Crippen molar-refractivity contribution in [1.29, 1.82) is 0 Å². The summed E-state index contributed by atoms with van der Waals surface area (Å²) in [6.07, 6.45) is 0. The van der Waals surface area contributed by atoms with Crippen LogP contribution in [-0.4, -0.2) is 135 Å². The number of phenols is 2. The van der Waals surface area contributed by atoms with Gasteiger partial charge in [0.15, 0.2) is 0 Å². The summed E-state index contributed by atoms with van der Waals surface area (Å²) >= 11 is 0. The normalized spacial score (nSPS) is 11.4. The van der Waals surface area contributed by atoms with Crippen molar-refractivity contribution in [3.63, 3.8) is 0 Å². The summed E-state index contributed by atoms with van der Waals surface area (Å²) in [5.74, 6) is -14.2. The molecule has 34 heteroatoms. The van der Waals surface area contributed by atoms with E-state index in [0.29, 0.717) is 38.9 Å². The van der Waals surface area contributed by atoms with E-state index < -0.39 is 126 Å². The van der Waals surface area contributed by atoms with Gasteiger partial charge in [0.2, 0.25) is 0 Å². The molecule has 0 aliphatic carbocycles. The number of carboxylic acid groups (broad SMARTS) is 6. The topological polar surface area (TPSA) is 514 Å². The van der Waals surface area contributed by atoms with E-state index in [4.69, 9.17) is 38.6 Å². The Bertz CT molecular complexity index is 6070. The molecule has 0 aromatic heterocycles. The van der Waals surface area contributed by atoms with E-state index in [-0.39, 0.29) is 138 Å². The monoisotopic (exact) mass is 1790 g/mol. The summed E-state index contributed by atoms with van der Waals surface area (Å²) in [7, 11) is -6.21. The maximum absolute atomic E-state index is 13.4. The first kappa shape index (κ1) is 94.5. The number of esters is 6. The maximum atomic E-state index is 13.4. The van der Waals surface area contributed by atoms with E-state index in [1.54, 1.807) is 72.8 Å². The zero-order chi connectivity index (χ0) is 92.6. The third-order valence-corrected chi connectivity index (χ3v) is 22.8. The van der Waals surface area contributed by atoms with Crippen molar-refractivity contribution < 1.29 is 150 Å². The number of phenolic OH excluding ortho intramolecular Hbond substituents is 2. The Labute approximate surface area is 734 Å². The zero-order valence-electron chi connectivity index (χ0n) is 67.2. The molecule has 0 amide bonds. The summed E-state index contributed by atoms with van der Waals surface area (Å²) in [6.45, 7) is 2.60. The summed E-state index contributed by atoms with van der Waals surface area (Å²) in [5.41, 5.74) is 2.75. The number of aryl methyl sites for hydroxylation is 2. The first-order valence-corrected chi connectivity index (χ1v) is 41.2. The second kappa shape index (κ2) is 44.0. The van der Waals surface area contributed by atoms with Gasteiger partial charge in [-0.2, -0.15) is 0 Å². The van der Waals surface area contributed by atoms with Gasteiger partial charge in [0.1, 0.15) is 51.1 Å². The molecule has 0 spiro atoms. The van der Waals surface area contributed by atoms with Crippen LogP contribution < -0.4 is 0 Å². The SMILES string of the molecule is Cc1ccc(COC(=O)c2ccc(S(=O)c3ccc(C(=O)O)c(C(=O)OCc4ccc(C)cc4)c3)cc2C(=O)O)cc1.O=C(O)c1cc(S(=O)c2ccc(C(=O)O)c(C(=O)OCc3ccc(CO)cc3)c2)ccc1C(=O)OCc1ccc(CO)cc1.O=C(O)c1cc(S(=O)c2ccc(C(=O)O)c(C(=O)OCc3ccc(O)cc3)c2)ccc1C(=O)OCc1ccc(O)cc1. The standard InChI is InChI=1S/C32H26O11S.C32H26O9S.C30H22O11S/c33-15-19-1-5-21(6-2-19)17-42-31(39)26-12-10-23(13-27(26)30(37)38)44(41)24-9-11-25(29(35)36)28(14-24)32(40)43-18-22-7-3-20(16-34)4-8-22;1-19-3-7-21(8-4-19)17-40-31(37)26-14-12-23(15-27(26)30(35)36)42(39)24-11-13-25(29(33)34)28(16-24)32(38)41-18-22-9-5-20(2)6-10-22;31-19-5-1-17(2-6-19)15-40-29(37)24-12-10-21(13-25(24)28(35)36)42(39)22-9-11-23(27(33)34)26(14-22)30(38)41-16-18-3-7-20(32)8-4-18/h1-14,33-34H,15-18H2,(H,35,36)(H,37,38);3-16H,17-18H2,1-2H3,(H,33,34)(H,35,36);1-14,31-32H,15-16H2,(H,33,34)(H,35,36). The van der Waals surface area contributed by atoms with Crippen molar-refractivity contribution in [2.75, 3.05) is 0 Å². The van der Waals surface area contributed by atoms with Gasteiger partial charge < -0.3 is 79.5 Å². The highest BCUT2D eigenvalue weighted by Gasteiger charge is 2.29. The highest BCUT2D eigenvalue weighted by Crippen LogP contribution is 2.30. The predicted octanol–water partition coefficient (Wildman–Crippen LogP) is 13.9. The van der Waals surface area contributed by atoms with E-state index >= 15 is 0 Å². The lowest BCUT2D eigenvalue weighted by atomic mass is 10.1. The lowest BCUT2D eigenvalue weighted by Gasteiger charge is -2.12. The molecule has 0 aliphatic rings. The number of rotatable bonds is 32. The van der Waals surface area contributed by atoms with Gasteiger partial charge in [-0.15, -0.1) is 0 Å². The number of aliphatic hydroxyl groups excluding tert-OH is 2. The Morgan fingerprint density at radius 3 is 0.578 bits per heavy atom. The number of ether oxygens (including phenoxy) is 6. The first-order chi connectivity index (χ1) is 61.2. The third-order valence-electron chi connectivity index (χ3n) is 18.7. The number of aromatic carboxylic acids is 6. The number of hydrogen-bond donors (Lipinski definition) is 10. The lowest BCUT2D eigenvalue weighted by molar-refractivity contribution is 0.0457. The Morgan fingerprint density at radius 1 is 0.219 bits per heavy atom. The Morgan fingerprint density at radius 2 is 0.383 bits per heavy atom. The second-order valence-corrected chi connectivity index (χ2v) is 32.0. The summed E-state index contributed by atoms with van der Waals surface area (Å²) in [6, 6.07) is 60.2. The minimum absolute atomic E-state index is 0.00719. The van der Waals surface area contributed by atoms with E-state index in [9.17, 15) is 111 Å². The van der Waals surface area contributed by atoms with Crippen molar-refractivity contribution in [3.05, 3.63) is 377 Å². The smallest absolute Gasteiger partial charge is 0.339 e. The molecule has 31 nitrogen and oxygen atoms in total. The summed E-state index contributed by atoms with van der Waals surface area (Å²) < 4.78 is 71.7. The number of aliphatic hydroxyl groups is 2. The third kappa shape index (κ3) is 25.3. The fourth-order valence-corrected chi connectivity index (χ4v) is 15.1. The van der Waals surface area contributed by atoms with Gasteiger partial charge in [0.05, 0.1) is 112 Å². The van der Waals surface area contributed by atoms with Gasteiger partial charge in [-0.25, -0.2) is 70.2 Å². The molecule has 3 unspecified atom stereocenters. The van der Waals surface area contributed by atoms with Crippen LogP contribution in [0.4, 0.5) is 0 Å². The summed E-state index contributed by atoms with van der Waals surface area (Å²) in [5, 5.41) is 95.0. The maximum Gasteiger partial charge on any atom is 0.339 e. The molecule has 10 N–H and O–H groups in total. The number of benzene rings is 12. The minimum Gasteiger partial charge on any atom is -0.508 e. The Balaban J connectivity index is 0.000000200. The Kier molecular flexibility index (Phi) is 32.5. The second-order valence-electron chi connectivity index (χ2n) is 27.6. The lowest BCUT2D eigenvalue weighted by Crippen LogP contribution is -2.14. The van der Waals surface area contributed by atoms with Gasteiger partial charge in [0.25, 0.3) is 0 Å². The van der Waals surface area contributed by atoms with Crippen LogP contribution in [-0.2, 0) is 114 Å². The summed E-state index contributed by atoms with van der Waals surface area (Å²) in [4.78, 5) is 148. The van der Waals surface area contributed by atoms with Gasteiger partial charge in [-0.3, -0.25) is 0 Å². The molecule has 128 heavy (non-hydrogen) atoms. The van der Waals surface area contributed by atoms with E-state index in [0.717, 1.165) is 83.4 Å². The molecule has 0 saturated heterocycles. The average molecular weight is 1800 g/mol. The van der Waals surface area contributed by atoms with Gasteiger partial charge >= 0.3 is 71.6 Å². The molecule has 3 atom stereocenters. The number of carbonyl (C=O) groups is 12. The molecule has 0 saturated carbocycles. The highest BCUT2D eigenvalue weighted by molar-refractivity contribution is 7.85. The Hall–Kier alpha value is -15.8. The molecular weight excluding hydrogens is 1720 g/mol. The van der Waals surface area contributed by atoms with Gasteiger partial charge in [-0.1, -0.05) is 132 Å². The van der Waals surface area contributed by atoms with Crippen LogP contribution in [0.15, 0.2) is 284 Å². The minimum atomic E-state index is -2.09. The van der Waals surface area contributed by atoms with Crippen LogP contribution in [0, 0.1) is 13.8 Å². The number of carbonyl (C=O) groups excluding carboxylic acids is 6. The van der Waals surface area contributed by atoms with Crippen LogP contribution >= 0.6 is 0 Å². The fourth-order valence-electron chi connectivity index (χ4n) is 11.8. The highest BCUT2D eigenvalue weighted by atomic mass is 32.2. The van der Waals surface area contributed by atoms with E-state index in [2.05, 4.69) is 0 Å². The molecule has 0 heterocycles. The molecule has 0 bridgehead atoms. The molecule has 0 radical (unpaired) electrons. The van der Waals surface area contributed by atoms with Crippen LogP contribution in [0.5, 0.6) is 11.5 Å². The predicted molar refractivity (Wildman–Crippen MR) is 452 cm³/mol. The van der Waals surface area contributed by atoms with Gasteiger partial charge in [0, 0.05) is 29.4 Å². The van der Waals surface area contributed by atoms with Crippen molar-refractivity contribution in [2.45, 2.75) is 96.1 Å². The number of aromatic hydroxyl groups is 2. The number of carboxylic acids is 6. The van der Waals surface area contributed by atoms with Crippen molar-refractivity contribution in [1.82, 2.24) is 0 Å². The van der Waals surface area contributed by atoms with E-state index in [1.165, 1.54) is 91.0 Å². The molecule has 654 valence electrons. The molecule has 12 rings (SSSR count). The quantitative estimate of drug-likeness (QED) is 0.0138. The molecule has 0 fully saturated rings. The van der Waals surface area contributed by atoms with Crippen LogP contribution in [0.2, 0.25) is 0 Å². The van der Waals surface area contributed by atoms with Crippen molar-refractivity contribution in [2.24, 2.45) is 0 Å². The molecule has 12 aromatic carbocycles. The van der Waals surface area contributed by atoms with Crippen LogP contribution in [0.25, 0.3) is 0 Å². The molecule has 0 aliphatic heterocycles. The van der Waals surface area contributed by atoms with Crippen molar-refractivity contribution >= 4 is 104 Å². The van der Waals surface area contributed by atoms with Crippen LogP contribution in [0.1, 0.15) is 180 Å². The van der Waals surface area contributed by atoms with Crippen LogP contribution in [0.3, 0.4) is 0 Å². The number of hydrogen-bond acceptors (Lipinski definition) is 25. The van der Waals surface area contributed by atoms with E-state index in [1.807, 2.05) is 38.1 Å². The largest absolute Gasteiger partial charge is 0.508 e. The fraction of sp³-hybridized carbons (Fsp3) is 0.106. The molecule has 12 aromatic rings. The first-order valence-electron chi connectivity index (χ1n) is 37.7. The van der Waals surface area contributed by atoms with Gasteiger partial charge in [-0.05, 0) is 192 Å². The molecular formula is C94H74O31S3. The zero-order valence-corrected chi connectivity index (χ0v) is 69.6. The van der Waals surface area contributed by atoms with Crippen molar-refractivity contribution in [3.8, 4) is 11.5 Å².